The highest BCUT2D eigenvalue weighted by Crippen LogP contribution is 2.40. The number of hydrogen-bond donors (Lipinski definition) is 1. The zero-order chi connectivity index (χ0) is 13.7. The maximum absolute atomic E-state index is 12.1. The summed E-state index contributed by atoms with van der Waals surface area (Å²) in [5.74, 6) is 0.435. The van der Waals surface area contributed by atoms with Gasteiger partial charge in [-0.3, -0.25) is 4.79 Å². The van der Waals surface area contributed by atoms with E-state index in [0.717, 1.165) is 37.7 Å². The van der Waals surface area contributed by atoms with Crippen molar-refractivity contribution in [2.75, 3.05) is 0 Å². The lowest BCUT2D eigenvalue weighted by Gasteiger charge is -2.37. The van der Waals surface area contributed by atoms with Gasteiger partial charge in [-0.25, -0.2) is 0 Å². The number of aliphatic hydroxyl groups is 1. The molecule has 0 saturated carbocycles. The highest BCUT2D eigenvalue weighted by Gasteiger charge is 2.38. The van der Waals surface area contributed by atoms with E-state index < -0.39 is 6.10 Å². The normalized spacial score (nSPS) is 28.6. The minimum absolute atomic E-state index is 0.153. The average molecular weight is 252 g/mol. The molecule has 0 radical (unpaired) electrons. The Kier molecular flexibility index (Phi) is 6.07. The monoisotopic (exact) mass is 252 g/mol. The number of carbonyl (C=O) groups is 1. The van der Waals surface area contributed by atoms with Gasteiger partial charge in [0.2, 0.25) is 0 Å². The maximum atomic E-state index is 12.1. The molecule has 2 nitrogen and oxygen atoms in total. The molecule has 3 unspecified atom stereocenters. The summed E-state index contributed by atoms with van der Waals surface area (Å²) >= 11 is 0. The van der Waals surface area contributed by atoms with Crippen molar-refractivity contribution in [1.29, 1.82) is 0 Å². The third-order valence-corrected chi connectivity index (χ3v) is 4.36. The lowest BCUT2D eigenvalue weighted by molar-refractivity contribution is -0.128. The van der Waals surface area contributed by atoms with Crippen molar-refractivity contribution in [2.45, 2.75) is 72.3 Å². The average Bonchev–Trinajstić information content (AvgIpc) is 2.37. The standard InChI is InChI=1S/C16H28O2/c1-5-9-12-10-11(6-2)13(7-3)16(18)15(12)14(17)8-4/h12,15-16,18H,5-10H2,1-4H3. The molecule has 1 aliphatic rings. The van der Waals surface area contributed by atoms with Gasteiger partial charge in [-0.1, -0.05) is 39.7 Å². The molecule has 18 heavy (non-hydrogen) atoms. The summed E-state index contributed by atoms with van der Waals surface area (Å²) in [6.45, 7) is 8.30. The summed E-state index contributed by atoms with van der Waals surface area (Å²) in [7, 11) is 0. The smallest absolute Gasteiger partial charge is 0.138 e. The summed E-state index contributed by atoms with van der Waals surface area (Å²) in [6.07, 6.45) is 5.05. The molecule has 1 N–H and O–H groups in total. The van der Waals surface area contributed by atoms with Crippen LogP contribution in [0.3, 0.4) is 0 Å². The van der Waals surface area contributed by atoms with Gasteiger partial charge in [0.15, 0.2) is 0 Å². The third-order valence-electron chi connectivity index (χ3n) is 4.36. The van der Waals surface area contributed by atoms with Gasteiger partial charge in [0, 0.05) is 6.42 Å². The van der Waals surface area contributed by atoms with Crippen molar-refractivity contribution in [3.8, 4) is 0 Å². The largest absolute Gasteiger partial charge is 0.388 e. The molecular weight excluding hydrogens is 224 g/mol. The van der Waals surface area contributed by atoms with Crippen LogP contribution in [0.2, 0.25) is 0 Å². The van der Waals surface area contributed by atoms with Gasteiger partial charge < -0.3 is 5.11 Å². The molecular formula is C16H28O2. The fraction of sp³-hybridized carbons (Fsp3) is 0.812. The van der Waals surface area contributed by atoms with Crippen molar-refractivity contribution < 1.29 is 9.90 Å². The molecule has 0 aromatic rings. The lowest BCUT2D eigenvalue weighted by Crippen LogP contribution is -2.39. The summed E-state index contributed by atoms with van der Waals surface area (Å²) in [5, 5.41) is 10.6. The molecule has 0 fully saturated rings. The van der Waals surface area contributed by atoms with Crippen LogP contribution >= 0.6 is 0 Å². The minimum atomic E-state index is -0.525. The molecule has 3 atom stereocenters. The SMILES string of the molecule is CCCC1CC(CC)=C(CC)C(O)C1C(=O)CC. The first-order valence-electron chi connectivity index (χ1n) is 7.52. The van der Waals surface area contributed by atoms with Crippen LogP contribution in [0.4, 0.5) is 0 Å². The van der Waals surface area contributed by atoms with Crippen LogP contribution in [-0.2, 0) is 4.79 Å². The Labute approximate surface area is 111 Å². The van der Waals surface area contributed by atoms with Crippen molar-refractivity contribution in [1.82, 2.24) is 0 Å². The number of ketones is 1. The highest BCUT2D eigenvalue weighted by atomic mass is 16.3. The maximum Gasteiger partial charge on any atom is 0.138 e. The Morgan fingerprint density at radius 1 is 1.22 bits per heavy atom. The molecule has 0 spiro atoms. The first kappa shape index (κ1) is 15.4. The third kappa shape index (κ3) is 3.03. The Morgan fingerprint density at radius 2 is 1.89 bits per heavy atom. The molecule has 1 aliphatic carbocycles. The van der Waals surface area contributed by atoms with Crippen LogP contribution in [0.25, 0.3) is 0 Å². The van der Waals surface area contributed by atoms with Gasteiger partial charge in [0.25, 0.3) is 0 Å². The van der Waals surface area contributed by atoms with Crippen molar-refractivity contribution in [2.24, 2.45) is 11.8 Å². The van der Waals surface area contributed by atoms with Gasteiger partial charge in [0.1, 0.15) is 5.78 Å². The number of carbonyl (C=O) groups excluding carboxylic acids is 1. The first-order valence-corrected chi connectivity index (χ1v) is 7.52. The molecule has 0 heterocycles. The fourth-order valence-corrected chi connectivity index (χ4v) is 3.42. The fourth-order valence-electron chi connectivity index (χ4n) is 3.42. The van der Waals surface area contributed by atoms with Crippen LogP contribution in [0.15, 0.2) is 11.1 Å². The van der Waals surface area contributed by atoms with E-state index >= 15 is 0 Å². The predicted molar refractivity (Wildman–Crippen MR) is 75.4 cm³/mol. The second-order valence-electron chi connectivity index (χ2n) is 5.38. The van der Waals surface area contributed by atoms with Crippen molar-refractivity contribution in [3.05, 3.63) is 11.1 Å². The van der Waals surface area contributed by atoms with Crippen LogP contribution in [-0.4, -0.2) is 17.0 Å². The number of hydrogen-bond acceptors (Lipinski definition) is 2. The Hall–Kier alpha value is -0.630. The van der Waals surface area contributed by atoms with E-state index in [1.807, 2.05) is 6.92 Å². The molecule has 0 aliphatic heterocycles. The van der Waals surface area contributed by atoms with E-state index in [1.165, 1.54) is 5.57 Å². The Balaban J connectivity index is 3.07. The molecule has 0 aromatic heterocycles. The van der Waals surface area contributed by atoms with Crippen LogP contribution in [0.5, 0.6) is 0 Å². The minimum Gasteiger partial charge on any atom is -0.388 e. The van der Waals surface area contributed by atoms with Crippen molar-refractivity contribution >= 4 is 5.78 Å². The summed E-state index contributed by atoms with van der Waals surface area (Å²) in [6, 6.07) is 0. The number of aliphatic hydroxyl groups excluding tert-OH is 1. The van der Waals surface area contributed by atoms with Crippen LogP contribution in [0.1, 0.15) is 66.2 Å². The van der Waals surface area contributed by atoms with Gasteiger partial charge in [0.05, 0.1) is 12.0 Å². The van der Waals surface area contributed by atoms with E-state index in [-0.39, 0.29) is 11.7 Å². The van der Waals surface area contributed by atoms with E-state index in [2.05, 4.69) is 20.8 Å². The van der Waals surface area contributed by atoms with Crippen molar-refractivity contribution in [3.63, 3.8) is 0 Å². The highest BCUT2D eigenvalue weighted by molar-refractivity contribution is 5.82. The second-order valence-corrected chi connectivity index (χ2v) is 5.38. The van der Waals surface area contributed by atoms with Gasteiger partial charge in [-0.05, 0) is 37.2 Å². The van der Waals surface area contributed by atoms with E-state index in [4.69, 9.17) is 0 Å². The summed E-state index contributed by atoms with van der Waals surface area (Å²) < 4.78 is 0. The van der Waals surface area contributed by atoms with Crippen LogP contribution in [0, 0.1) is 11.8 Å². The first-order chi connectivity index (χ1) is 8.60. The summed E-state index contributed by atoms with van der Waals surface area (Å²) in [5.41, 5.74) is 2.53. The molecule has 0 bridgehead atoms. The molecule has 0 aromatic carbocycles. The van der Waals surface area contributed by atoms with E-state index in [9.17, 15) is 9.90 Å². The van der Waals surface area contributed by atoms with Gasteiger partial charge in [-0.2, -0.15) is 0 Å². The lowest BCUT2D eigenvalue weighted by atomic mass is 9.69. The van der Waals surface area contributed by atoms with Crippen LogP contribution < -0.4 is 0 Å². The Bertz CT molecular complexity index is 317. The van der Waals surface area contributed by atoms with E-state index in [1.54, 1.807) is 0 Å². The molecule has 0 saturated heterocycles. The second kappa shape index (κ2) is 7.08. The number of rotatable bonds is 6. The van der Waals surface area contributed by atoms with Gasteiger partial charge >= 0.3 is 0 Å². The molecule has 2 heteroatoms. The predicted octanol–water partition coefficient (Wildman–Crippen LogP) is 3.88. The quantitative estimate of drug-likeness (QED) is 0.728. The zero-order valence-electron chi connectivity index (χ0n) is 12.3. The summed E-state index contributed by atoms with van der Waals surface area (Å²) in [4.78, 5) is 12.1. The topological polar surface area (TPSA) is 37.3 Å². The van der Waals surface area contributed by atoms with Gasteiger partial charge in [-0.15, -0.1) is 0 Å². The Morgan fingerprint density at radius 3 is 2.33 bits per heavy atom. The number of Topliss-reactive ketones (excluding diaryl/α,β-unsaturated/α-hetero) is 1. The molecule has 0 amide bonds. The molecule has 104 valence electrons. The zero-order valence-corrected chi connectivity index (χ0v) is 12.3. The van der Waals surface area contributed by atoms with E-state index in [0.29, 0.717) is 12.3 Å². The molecule has 1 rings (SSSR count). The number of allylic oxidation sites excluding steroid dienone is 1.